The highest BCUT2D eigenvalue weighted by Gasteiger charge is 2.22. The van der Waals surface area contributed by atoms with E-state index in [2.05, 4.69) is 10.6 Å². The van der Waals surface area contributed by atoms with E-state index < -0.39 is 0 Å². The van der Waals surface area contributed by atoms with Gasteiger partial charge in [0.15, 0.2) is 16.6 Å². The second-order valence-electron chi connectivity index (χ2n) is 6.46. The Balaban J connectivity index is 1.99. The molecule has 0 aliphatic rings. The second kappa shape index (κ2) is 11.8. The highest BCUT2D eigenvalue weighted by Crippen LogP contribution is 2.34. The summed E-state index contributed by atoms with van der Waals surface area (Å²) in [5, 5.41) is 7.55. The molecule has 0 spiro atoms. The van der Waals surface area contributed by atoms with Gasteiger partial charge in [-0.3, -0.25) is 0 Å². The minimum atomic E-state index is -0.348. The lowest BCUT2D eigenvalue weighted by atomic mass is 10.1. The molecular formula is C22H30N2O4S2. The molecule has 2 rings (SSSR count). The summed E-state index contributed by atoms with van der Waals surface area (Å²) in [5.74, 6) is 1.16. The van der Waals surface area contributed by atoms with Crippen LogP contribution in [0.4, 0.5) is 5.00 Å². The number of carbonyl (C=O) groups is 1. The Hall–Kier alpha value is -2.32. The number of hydrogen-bond acceptors (Lipinski definition) is 6. The molecule has 1 aromatic carbocycles. The van der Waals surface area contributed by atoms with E-state index in [0.717, 1.165) is 40.3 Å². The Bertz CT molecular complexity index is 880. The predicted molar refractivity (Wildman–Crippen MR) is 126 cm³/mol. The van der Waals surface area contributed by atoms with Gasteiger partial charge in [0.1, 0.15) is 5.00 Å². The highest BCUT2D eigenvalue weighted by atomic mass is 32.1. The third-order valence-electron chi connectivity index (χ3n) is 4.49. The van der Waals surface area contributed by atoms with E-state index in [4.69, 9.17) is 26.4 Å². The third kappa shape index (κ3) is 6.09. The fourth-order valence-electron chi connectivity index (χ4n) is 3.13. The molecule has 164 valence electrons. The van der Waals surface area contributed by atoms with Crippen LogP contribution in [0.25, 0.3) is 0 Å². The SMILES string of the molecule is CCOc1ccc(CCNC(=S)Nc2sc(C)c(CC)c2C(=O)OC)cc1OCC. The van der Waals surface area contributed by atoms with Crippen molar-refractivity contribution in [3.63, 3.8) is 0 Å². The molecule has 1 heterocycles. The summed E-state index contributed by atoms with van der Waals surface area (Å²) in [5.41, 5.74) is 2.68. The van der Waals surface area contributed by atoms with E-state index in [-0.39, 0.29) is 5.97 Å². The van der Waals surface area contributed by atoms with E-state index in [0.29, 0.717) is 35.4 Å². The van der Waals surface area contributed by atoms with Crippen molar-refractivity contribution in [1.82, 2.24) is 5.32 Å². The van der Waals surface area contributed by atoms with Crippen LogP contribution < -0.4 is 20.1 Å². The standard InChI is InChI=1S/C22H30N2O4S2/c1-6-16-14(4)30-20(19(16)21(25)26-5)24-22(29)23-12-11-15-9-10-17(27-7-2)18(13-15)28-8-3/h9-10,13H,6-8,11-12H2,1-5H3,(H2,23,24,29). The molecule has 2 aromatic rings. The van der Waals surface area contributed by atoms with E-state index in [1.165, 1.54) is 18.4 Å². The number of nitrogens with one attached hydrogen (secondary N) is 2. The van der Waals surface area contributed by atoms with Gasteiger partial charge in [-0.25, -0.2) is 4.79 Å². The van der Waals surface area contributed by atoms with Crippen LogP contribution in [0, 0.1) is 6.92 Å². The van der Waals surface area contributed by atoms with Crippen molar-refractivity contribution in [2.45, 2.75) is 40.5 Å². The van der Waals surface area contributed by atoms with Gasteiger partial charge in [-0.2, -0.15) is 0 Å². The van der Waals surface area contributed by atoms with E-state index in [1.54, 1.807) is 0 Å². The summed E-state index contributed by atoms with van der Waals surface area (Å²) in [6.07, 6.45) is 1.52. The Labute approximate surface area is 187 Å². The lowest BCUT2D eigenvalue weighted by Crippen LogP contribution is -2.30. The molecule has 0 atom stereocenters. The van der Waals surface area contributed by atoms with Gasteiger partial charge in [0.05, 0.1) is 25.9 Å². The van der Waals surface area contributed by atoms with Crippen molar-refractivity contribution in [3.8, 4) is 11.5 Å². The fraction of sp³-hybridized carbons (Fsp3) is 0.455. The minimum Gasteiger partial charge on any atom is -0.490 e. The highest BCUT2D eigenvalue weighted by molar-refractivity contribution is 7.80. The van der Waals surface area contributed by atoms with Crippen molar-refractivity contribution < 1.29 is 19.0 Å². The lowest BCUT2D eigenvalue weighted by molar-refractivity contribution is 0.0601. The normalized spacial score (nSPS) is 10.4. The van der Waals surface area contributed by atoms with E-state index in [1.807, 2.05) is 45.9 Å². The Morgan fingerprint density at radius 2 is 1.83 bits per heavy atom. The van der Waals surface area contributed by atoms with Gasteiger partial charge in [0.25, 0.3) is 0 Å². The summed E-state index contributed by atoms with van der Waals surface area (Å²) in [6, 6.07) is 5.96. The Morgan fingerprint density at radius 3 is 2.47 bits per heavy atom. The predicted octanol–water partition coefficient (Wildman–Crippen LogP) is 4.73. The van der Waals surface area contributed by atoms with Gasteiger partial charge >= 0.3 is 5.97 Å². The zero-order valence-corrected chi connectivity index (χ0v) is 19.9. The number of methoxy groups -OCH3 is 1. The second-order valence-corrected chi connectivity index (χ2v) is 8.10. The molecule has 0 aliphatic carbocycles. The van der Waals surface area contributed by atoms with Crippen LogP contribution in [0.15, 0.2) is 18.2 Å². The molecule has 30 heavy (non-hydrogen) atoms. The van der Waals surface area contributed by atoms with Crippen molar-refractivity contribution in [2.75, 3.05) is 32.2 Å². The van der Waals surface area contributed by atoms with Crippen molar-refractivity contribution in [1.29, 1.82) is 0 Å². The van der Waals surface area contributed by atoms with Crippen LogP contribution in [0.3, 0.4) is 0 Å². The summed E-state index contributed by atoms with van der Waals surface area (Å²) in [4.78, 5) is 13.3. The maximum Gasteiger partial charge on any atom is 0.341 e. The van der Waals surface area contributed by atoms with Crippen LogP contribution in [0.1, 0.15) is 47.1 Å². The summed E-state index contributed by atoms with van der Waals surface area (Å²) >= 11 is 6.94. The van der Waals surface area contributed by atoms with Crippen LogP contribution in [0.5, 0.6) is 11.5 Å². The van der Waals surface area contributed by atoms with Gasteiger partial charge in [-0.05, 0) is 69.1 Å². The molecule has 8 heteroatoms. The minimum absolute atomic E-state index is 0.348. The number of carbonyl (C=O) groups excluding carboxylic acids is 1. The van der Waals surface area contributed by atoms with Crippen LogP contribution >= 0.6 is 23.6 Å². The first-order valence-electron chi connectivity index (χ1n) is 10.1. The first-order chi connectivity index (χ1) is 14.4. The molecule has 0 unspecified atom stereocenters. The maximum absolute atomic E-state index is 12.2. The molecule has 6 nitrogen and oxygen atoms in total. The molecule has 0 fully saturated rings. The van der Waals surface area contributed by atoms with Gasteiger partial charge in [-0.15, -0.1) is 11.3 Å². The number of thiophene rings is 1. The largest absolute Gasteiger partial charge is 0.490 e. The summed E-state index contributed by atoms with van der Waals surface area (Å²) in [7, 11) is 1.39. The van der Waals surface area contributed by atoms with Crippen LogP contribution in [0.2, 0.25) is 0 Å². The third-order valence-corrected chi connectivity index (χ3v) is 5.80. The molecule has 0 amide bonds. The Kier molecular flexibility index (Phi) is 9.39. The zero-order valence-electron chi connectivity index (χ0n) is 18.2. The monoisotopic (exact) mass is 450 g/mol. The number of thiocarbonyl (C=S) groups is 1. The average Bonchev–Trinajstić information content (AvgIpc) is 3.04. The van der Waals surface area contributed by atoms with Gasteiger partial charge < -0.3 is 24.8 Å². The van der Waals surface area contributed by atoms with Crippen molar-refractivity contribution in [2.24, 2.45) is 0 Å². The van der Waals surface area contributed by atoms with Gasteiger partial charge in [0, 0.05) is 11.4 Å². The molecule has 0 saturated carbocycles. The first-order valence-corrected chi connectivity index (χ1v) is 11.3. The molecule has 0 bridgehead atoms. The average molecular weight is 451 g/mol. The quantitative estimate of drug-likeness (QED) is 0.400. The number of anilines is 1. The van der Waals surface area contributed by atoms with E-state index in [9.17, 15) is 4.79 Å². The number of aryl methyl sites for hydroxylation is 1. The molecule has 2 N–H and O–H groups in total. The molecule has 0 aliphatic heterocycles. The van der Waals surface area contributed by atoms with E-state index >= 15 is 0 Å². The maximum atomic E-state index is 12.2. The first kappa shape index (κ1) is 24.0. The number of esters is 1. The lowest BCUT2D eigenvalue weighted by Gasteiger charge is -2.13. The van der Waals surface area contributed by atoms with Crippen LogP contribution in [-0.4, -0.2) is 38.0 Å². The topological polar surface area (TPSA) is 68.8 Å². The summed E-state index contributed by atoms with van der Waals surface area (Å²) in [6.45, 7) is 9.74. The zero-order chi connectivity index (χ0) is 22.1. The van der Waals surface area contributed by atoms with Gasteiger partial charge in [0.2, 0.25) is 0 Å². The van der Waals surface area contributed by atoms with Crippen LogP contribution in [-0.2, 0) is 17.6 Å². The number of ether oxygens (including phenoxy) is 3. The van der Waals surface area contributed by atoms with Crippen molar-refractivity contribution >= 4 is 39.6 Å². The fourth-order valence-corrected chi connectivity index (χ4v) is 4.54. The van der Waals surface area contributed by atoms with Crippen molar-refractivity contribution in [3.05, 3.63) is 39.8 Å². The smallest absolute Gasteiger partial charge is 0.341 e. The number of benzene rings is 1. The number of hydrogen-bond donors (Lipinski definition) is 2. The Morgan fingerprint density at radius 1 is 1.13 bits per heavy atom. The summed E-state index contributed by atoms with van der Waals surface area (Å²) < 4.78 is 16.2. The molecule has 1 aromatic heterocycles. The number of rotatable bonds is 10. The molecule has 0 radical (unpaired) electrons. The molecule has 0 saturated heterocycles. The molecular weight excluding hydrogens is 420 g/mol. The van der Waals surface area contributed by atoms with Gasteiger partial charge in [-0.1, -0.05) is 13.0 Å².